The molecule has 6 nitrogen and oxygen atoms in total. The van der Waals surface area contributed by atoms with Crippen molar-refractivity contribution in [1.29, 1.82) is 0 Å². The summed E-state index contributed by atoms with van der Waals surface area (Å²) in [6.45, 7) is 0.470. The largest absolute Gasteiger partial charge is 0.480 e. The van der Waals surface area contributed by atoms with E-state index in [-0.39, 0.29) is 5.91 Å². The number of carbonyl (C=O) groups is 2. The predicted molar refractivity (Wildman–Crippen MR) is 83.0 cm³/mol. The van der Waals surface area contributed by atoms with Crippen LogP contribution >= 0.6 is 15.9 Å². The van der Waals surface area contributed by atoms with Crippen molar-refractivity contribution in [3.05, 3.63) is 46.7 Å². The van der Waals surface area contributed by atoms with E-state index in [1.165, 1.54) is 11.1 Å². The van der Waals surface area contributed by atoms with E-state index in [0.717, 1.165) is 10.2 Å². The van der Waals surface area contributed by atoms with Crippen molar-refractivity contribution in [2.75, 3.05) is 6.54 Å². The Morgan fingerprint density at radius 1 is 1.36 bits per heavy atom. The van der Waals surface area contributed by atoms with Gasteiger partial charge in [-0.25, -0.2) is 9.48 Å². The van der Waals surface area contributed by atoms with Crippen LogP contribution in [0.1, 0.15) is 23.2 Å². The maximum Gasteiger partial charge on any atom is 0.326 e. The molecule has 1 unspecified atom stereocenters. The number of carboxylic acids is 1. The molecule has 1 atom stereocenters. The molecule has 2 heterocycles. The highest BCUT2D eigenvalue weighted by Crippen LogP contribution is 2.21. The summed E-state index contributed by atoms with van der Waals surface area (Å²) < 4.78 is 2.52. The summed E-state index contributed by atoms with van der Waals surface area (Å²) in [7, 11) is 0. The summed E-state index contributed by atoms with van der Waals surface area (Å²) in [6, 6.07) is 6.81. The molecule has 1 saturated heterocycles. The van der Waals surface area contributed by atoms with E-state index >= 15 is 0 Å². The molecule has 0 spiro atoms. The number of hydrogen-bond donors (Lipinski definition) is 1. The van der Waals surface area contributed by atoms with E-state index < -0.39 is 12.0 Å². The van der Waals surface area contributed by atoms with Crippen molar-refractivity contribution in [2.24, 2.45) is 0 Å². The third kappa shape index (κ3) is 2.76. The third-order valence-corrected chi connectivity index (χ3v) is 4.19. The number of rotatable bonds is 3. The molecular formula is C15H14BrN3O3. The van der Waals surface area contributed by atoms with E-state index in [9.17, 15) is 14.7 Å². The first-order valence-electron chi connectivity index (χ1n) is 6.90. The molecule has 2 aromatic rings. The van der Waals surface area contributed by atoms with Gasteiger partial charge in [0.2, 0.25) is 0 Å². The minimum atomic E-state index is -0.953. The number of nitrogens with zero attached hydrogens (tertiary/aromatic N) is 3. The molecule has 1 aliphatic rings. The topological polar surface area (TPSA) is 75.4 Å². The lowest BCUT2D eigenvalue weighted by Gasteiger charge is -2.20. The van der Waals surface area contributed by atoms with Gasteiger partial charge in [-0.05, 0) is 31.0 Å². The maximum atomic E-state index is 12.5. The second-order valence-electron chi connectivity index (χ2n) is 5.15. The number of amides is 1. The summed E-state index contributed by atoms with van der Waals surface area (Å²) in [4.78, 5) is 25.1. The molecule has 1 amide bonds. The lowest BCUT2D eigenvalue weighted by atomic mass is 10.2. The van der Waals surface area contributed by atoms with Gasteiger partial charge in [0.05, 0.1) is 17.4 Å². The molecule has 1 aliphatic heterocycles. The molecule has 1 aromatic carbocycles. The molecule has 1 aromatic heterocycles. The summed E-state index contributed by atoms with van der Waals surface area (Å²) in [5.41, 5.74) is 1.22. The molecule has 3 rings (SSSR count). The van der Waals surface area contributed by atoms with Crippen molar-refractivity contribution < 1.29 is 14.7 Å². The Bertz CT molecular complexity index is 728. The second-order valence-corrected chi connectivity index (χ2v) is 6.06. The molecule has 22 heavy (non-hydrogen) atoms. The van der Waals surface area contributed by atoms with Crippen LogP contribution in [0.25, 0.3) is 5.69 Å². The number of aliphatic carboxylic acids is 1. The SMILES string of the molecule is O=C(O)C1CCCN1C(=O)c1cnn(-c2cccc(Br)c2)c1. The van der Waals surface area contributed by atoms with Gasteiger partial charge in [-0.3, -0.25) is 4.79 Å². The first kappa shape index (κ1) is 14.8. The molecule has 0 saturated carbocycles. The zero-order valence-electron chi connectivity index (χ0n) is 11.6. The Balaban J connectivity index is 1.84. The highest BCUT2D eigenvalue weighted by molar-refractivity contribution is 9.10. The van der Waals surface area contributed by atoms with Crippen LogP contribution in [-0.4, -0.2) is 44.3 Å². The van der Waals surface area contributed by atoms with Crippen molar-refractivity contribution in [3.8, 4) is 5.69 Å². The Hall–Kier alpha value is -2.15. The fourth-order valence-electron chi connectivity index (χ4n) is 2.63. The van der Waals surface area contributed by atoms with Crippen LogP contribution in [0, 0.1) is 0 Å². The normalized spacial score (nSPS) is 17.7. The average Bonchev–Trinajstić information content (AvgIpc) is 3.16. The first-order valence-corrected chi connectivity index (χ1v) is 7.70. The third-order valence-electron chi connectivity index (χ3n) is 3.70. The van der Waals surface area contributed by atoms with Crippen molar-refractivity contribution >= 4 is 27.8 Å². The van der Waals surface area contributed by atoms with E-state index in [0.29, 0.717) is 24.9 Å². The fraction of sp³-hybridized carbons (Fsp3) is 0.267. The van der Waals surface area contributed by atoms with Gasteiger partial charge in [-0.15, -0.1) is 0 Å². The van der Waals surface area contributed by atoms with Gasteiger partial charge >= 0.3 is 5.97 Å². The number of carbonyl (C=O) groups excluding carboxylic acids is 1. The van der Waals surface area contributed by atoms with Crippen molar-refractivity contribution in [3.63, 3.8) is 0 Å². The fourth-order valence-corrected chi connectivity index (χ4v) is 3.01. The zero-order chi connectivity index (χ0) is 15.7. The summed E-state index contributed by atoms with van der Waals surface area (Å²) >= 11 is 3.39. The molecule has 0 aliphatic carbocycles. The number of hydrogen-bond acceptors (Lipinski definition) is 3. The van der Waals surface area contributed by atoms with Crippen LogP contribution in [0.3, 0.4) is 0 Å². The molecule has 7 heteroatoms. The summed E-state index contributed by atoms with van der Waals surface area (Å²) in [5.74, 6) is -1.24. The first-order chi connectivity index (χ1) is 10.6. The van der Waals surface area contributed by atoms with Crippen LogP contribution < -0.4 is 0 Å². The van der Waals surface area contributed by atoms with Crippen LogP contribution in [0.15, 0.2) is 41.1 Å². The van der Waals surface area contributed by atoms with Gasteiger partial charge in [0.15, 0.2) is 0 Å². The number of halogens is 1. The highest BCUT2D eigenvalue weighted by atomic mass is 79.9. The summed E-state index contributed by atoms with van der Waals surface area (Å²) in [5, 5.41) is 13.4. The van der Waals surface area contributed by atoms with Crippen LogP contribution in [0.4, 0.5) is 0 Å². The Morgan fingerprint density at radius 2 is 2.18 bits per heavy atom. The van der Waals surface area contributed by atoms with Crippen LogP contribution in [0.5, 0.6) is 0 Å². The van der Waals surface area contributed by atoms with Gasteiger partial charge in [0, 0.05) is 17.2 Å². The van der Waals surface area contributed by atoms with E-state index in [4.69, 9.17) is 0 Å². The number of benzene rings is 1. The molecule has 1 fully saturated rings. The molecule has 0 bridgehead atoms. The molecule has 0 radical (unpaired) electrons. The summed E-state index contributed by atoms with van der Waals surface area (Å²) in [6.07, 6.45) is 4.31. The van der Waals surface area contributed by atoms with E-state index in [1.807, 2.05) is 24.3 Å². The minimum absolute atomic E-state index is 0.286. The van der Waals surface area contributed by atoms with Crippen LogP contribution in [0.2, 0.25) is 0 Å². The van der Waals surface area contributed by atoms with Gasteiger partial charge in [0.25, 0.3) is 5.91 Å². The van der Waals surface area contributed by atoms with Gasteiger partial charge in [-0.1, -0.05) is 22.0 Å². The quantitative estimate of drug-likeness (QED) is 0.907. The monoisotopic (exact) mass is 363 g/mol. The number of carboxylic acid groups (broad SMARTS) is 1. The predicted octanol–water partition coefficient (Wildman–Crippen LogP) is 2.32. The maximum absolute atomic E-state index is 12.5. The van der Waals surface area contributed by atoms with Crippen molar-refractivity contribution in [1.82, 2.24) is 14.7 Å². The van der Waals surface area contributed by atoms with Gasteiger partial charge in [0.1, 0.15) is 6.04 Å². The van der Waals surface area contributed by atoms with Gasteiger partial charge in [-0.2, -0.15) is 5.10 Å². The van der Waals surface area contributed by atoms with Crippen LogP contribution in [-0.2, 0) is 4.79 Å². The Morgan fingerprint density at radius 3 is 2.91 bits per heavy atom. The number of likely N-dealkylation sites (tertiary alicyclic amines) is 1. The highest BCUT2D eigenvalue weighted by Gasteiger charge is 2.34. The molecule has 114 valence electrons. The Labute approximate surface area is 135 Å². The lowest BCUT2D eigenvalue weighted by Crippen LogP contribution is -2.40. The molecular weight excluding hydrogens is 350 g/mol. The lowest BCUT2D eigenvalue weighted by molar-refractivity contribution is -0.141. The standard InChI is InChI=1S/C15H14BrN3O3/c16-11-3-1-4-12(7-11)19-9-10(8-17-19)14(20)18-6-2-5-13(18)15(21)22/h1,3-4,7-9,13H,2,5-6H2,(H,21,22). The average molecular weight is 364 g/mol. The van der Waals surface area contributed by atoms with E-state index in [1.54, 1.807) is 10.9 Å². The van der Waals surface area contributed by atoms with E-state index in [2.05, 4.69) is 21.0 Å². The Kier molecular flexibility index (Phi) is 3.98. The van der Waals surface area contributed by atoms with Gasteiger partial charge < -0.3 is 10.0 Å². The second kappa shape index (κ2) is 5.92. The zero-order valence-corrected chi connectivity index (χ0v) is 13.2. The molecule has 1 N–H and O–H groups in total. The smallest absolute Gasteiger partial charge is 0.326 e. The number of aromatic nitrogens is 2. The minimum Gasteiger partial charge on any atom is -0.480 e. The van der Waals surface area contributed by atoms with Crippen molar-refractivity contribution in [2.45, 2.75) is 18.9 Å².